The summed E-state index contributed by atoms with van der Waals surface area (Å²) in [6.07, 6.45) is -0.646. The Morgan fingerprint density at radius 1 is 0.447 bits per heavy atom. The highest BCUT2D eigenvalue weighted by molar-refractivity contribution is 7.59. The topological polar surface area (TPSA) is 239 Å². The lowest BCUT2D eigenvalue weighted by Crippen LogP contribution is -2.29. The fraction of sp³-hybridized carbons (Fsp3) is 0.436. The number of nitrogens with zero attached hydrogens (tertiary/aromatic N) is 10. The van der Waals surface area contributed by atoms with Gasteiger partial charge in [0.2, 0.25) is 11.9 Å². The highest BCUT2D eigenvalue weighted by Gasteiger charge is 2.57. The number of aromatic nitrogens is 9. The van der Waals surface area contributed by atoms with E-state index in [2.05, 4.69) is 28.0 Å². The van der Waals surface area contributed by atoms with Gasteiger partial charge in [-0.15, -0.1) is 0 Å². The zero-order chi connectivity index (χ0) is 102. The summed E-state index contributed by atoms with van der Waals surface area (Å²) in [4.78, 5) is 89.0. The lowest BCUT2D eigenvalue weighted by Gasteiger charge is -2.29. The number of methoxy groups -OCH3 is 1. The van der Waals surface area contributed by atoms with E-state index in [1.807, 2.05) is 251 Å². The summed E-state index contributed by atoms with van der Waals surface area (Å²) in [7, 11) is 1.67. The number of carbonyl (C=O) groups is 5. The van der Waals surface area contributed by atoms with E-state index in [4.69, 9.17) is 90.0 Å². The summed E-state index contributed by atoms with van der Waals surface area (Å²) in [5.41, 5.74) is 22.0. The number of pyridine rings is 5. The standard InChI is InChI=1S/C29H31ClFN3O2.C29H36ClN3O3.C27H31ClF2N2O2.C25H31ClN2O4.3H2S/c1-16-18(3)34(15-21-9-8-14-32-27(21)31)28-23(16)25(20-10-12-22(30)13-11-20)24(17(2)33-28)26(19(4)35)36-29(5,6)7;1-17-19(3)33(16-15-32-14-8-9-23(32)35)28-24(17)26(21-10-12-22(30)13-11-21)25(18(2)31-28)27(20(4)34)36-29(5,6)7;1-14-16(3)32(13-19-12-27(19,29)30)25-21(14)23(18-8-10-20(28)11-9-18)22(15(2)31-25)24(17(4)33)34-26(5,6)7;1-14-16(3)28(12-13-31-7)23-19(14)21(17-8-10-18(26)11-9-17)20(15(2)27-23)22(24(29)30)32-25(4,5)6;;;/h8-14,26H,15H2,1-7H3;10-13,27H,8-9,14-16H2,1-7H3;8-11,19,24H,12-13H2,1-7H3;8-11,22H,12-13H2,1-7H3,(H,29,30);3*1H2/t26-;27-;19?,24-;22-;;;/m1110.../s1. The van der Waals surface area contributed by atoms with Crippen molar-refractivity contribution >= 4 is 160 Å². The predicted molar refractivity (Wildman–Crippen MR) is 577 cm³/mol. The number of amides is 1. The van der Waals surface area contributed by atoms with Crippen molar-refractivity contribution in [1.29, 1.82) is 0 Å². The molecule has 0 spiro atoms. The summed E-state index contributed by atoms with van der Waals surface area (Å²) in [5.74, 6) is -4.92. The number of carboxylic acids is 1. The molecule has 1 saturated heterocycles. The molecule has 5 atom stereocenters. The molecule has 1 aliphatic heterocycles. The SMILES string of the molecule is CC(=O)[C@@H](OC(C)(C)C)c1c(C)nc2c(c(C)c(C)n2CC2CC2(F)F)c1-c1ccc(Cl)cc1.CC(=O)[C@@H](OC(C)(C)C)c1c(C)nc2c(c(C)c(C)n2CCN2CCCC2=O)c1-c1ccc(Cl)cc1.CC(=O)[C@@H](OC(C)(C)C)c1c(C)nc2c(c(C)c(C)n2Cc2cccnc2F)c1-c1ccc(Cl)cc1.COCCn1c(C)c(C)c2c(-c3ccc(Cl)cc3)c([C@H](OC(C)(C)C)C(=O)O)c(C)nc21.S.S.S. The smallest absolute Gasteiger partial charge is 0.337 e. The van der Waals surface area contributed by atoms with E-state index in [0.29, 0.717) is 92.2 Å². The summed E-state index contributed by atoms with van der Waals surface area (Å²) < 4.78 is 80.6. The predicted octanol–water partition coefficient (Wildman–Crippen LogP) is 27.2. The molecule has 1 aliphatic carbocycles. The highest BCUT2D eigenvalue weighted by atomic mass is 35.5. The van der Waals surface area contributed by atoms with Gasteiger partial charge in [0.1, 0.15) is 40.9 Å². The number of carboxylic acid groups (broad SMARTS) is 1. The van der Waals surface area contributed by atoms with Crippen LogP contribution in [0.15, 0.2) is 115 Å². The van der Waals surface area contributed by atoms with Crippen molar-refractivity contribution in [2.24, 2.45) is 5.92 Å². The van der Waals surface area contributed by atoms with Gasteiger partial charge in [-0.2, -0.15) is 44.9 Å². The van der Waals surface area contributed by atoms with E-state index in [1.165, 1.54) is 13.1 Å². The number of aliphatic carboxylic acids is 1. The first kappa shape index (κ1) is 115. The molecule has 10 heterocycles. The van der Waals surface area contributed by atoms with Crippen LogP contribution in [0.25, 0.3) is 88.6 Å². The van der Waals surface area contributed by atoms with Crippen molar-refractivity contribution in [1.82, 2.24) is 48.1 Å². The van der Waals surface area contributed by atoms with E-state index in [1.54, 1.807) is 45.2 Å². The van der Waals surface area contributed by atoms with Gasteiger partial charge in [0.05, 0.1) is 35.6 Å². The molecular weight excluding hydrogens is 1930 g/mol. The van der Waals surface area contributed by atoms with Crippen LogP contribution in [0.2, 0.25) is 20.1 Å². The molecule has 9 aromatic heterocycles. The summed E-state index contributed by atoms with van der Waals surface area (Å²) >= 11 is 24.8. The van der Waals surface area contributed by atoms with E-state index < -0.39 is 70.6 Å². The first-order chi connectivity index (χ1) is 64.4. The van der Waals surface area contributed by atoms with Gasteiger partial charge in [-0.25, -0.2) is 38.5 Å². The summed E-state index contributed by atoms with van der Waals surface area (Å²) in [6.45, 7) is 55.2. The molecule has 15 rings (SSSR count). The Morgan fingerprint density at radius 2 is 0.738 bits per heavy atom. The zero-order valence-electron chi connectivity index (χ0n) is 86.1. The van der Waals surface area contributed by atoms with E-state index in [-0.39, 0.29) is 83.3 Å². The van der Waals surface area contributed by atoms with Crippen LogP contribution in [0.4, 0.5) is 13.2 Å². The number of likely N-dealkylation sites (tertiary alicyclic amines) is 1. The third kappa shape index (κ3) is 25.7. The number of halogens is 7. The molecule has 141 heavy (non-hydrogen) atoms. The van der Waals surface area contributed by atoms with Crippen molar-refractivity contribution in [2.75, 3.05) is 26.8 Å². The molecule has 31 heteroatoms. The number of hydrogen-bond acceptors (Lipinski definition) is 15. The average molecular weight is 2070 g/mol. The third-order valence-corrected chi connectivity index (χ3v) is 26.6. The number of carbonyl (C=O) groups excluding carboxylic acids is 4. The number of fused-ring (bicyclic) bond motifs is 4. The zero-order valence-corrected chi connectivity index (χ0v) is 92.1. The maximum absolute atomic E-state index is 14.5. The van der Waals surface area contributed by atoms with Crippen LogP contribution in [-0.4, -0.2) is 138 Å². The summed E-state index contributed by atoms with van der Waals surface area (Å²) in [5, 5.41) is 16.3. The Labute approximate surface area is 867 Å². The molecule has 13 aromatic rings. The second-order valence-corrected chi connectivity index (χ2v) is 42.1. The number of Topliss-reactive ketones (excluding diaryl/α,β-unsaturated/α-hetero) is 3. The Kier molecular flexibility index (Phi) is 37.4. The number of aryl methyl sites for hydroxylation is 8. The van der Waals surface area contributed by atoms with Gasteiger partial charge in [0.15, 0.2) is 23.5 Å². The second kappa shape index (κ2) is 45.9. The van der Waals surface area contributed by atoms with Gasteiger partial charge in [-0.1, -0.05) is 101 Å². The van der Waals surface area contributed by atoms with Crippen LogP contribution < -0.4 is 0 Å². The number of ether oxygens (including phenoxy) is 5. The van der Waals surface area contributed by atoms with Gasteiger partial charge < -0.3 is 52.0 Å². The molecule has 0 bridgehead atoms. The van der Waals surface area contributed by atoms with Crippen molar-refractivity contribution in [3.63, 3.8) is 0 Å². The van der Waals surface area contributed by atoms with Gasteiger partial charge in [0, 0.05) is 202 Å². The lowest BCUT2D eigenvalue weighted by molar-refractivity contribution is -0.160. The van der Waals surface area contributed by atoms with E-state index in [9.17, 15) is 42.3 Å². The third-order valence-electron chi connectivity index (χ3n) is 25.5. The monoisotopic (exact) mass is 2060 g/mol. The van der Waals surface area contributed by atoms with Crippen LogP contribution in [-0.2, 0) is 73.8 Å². The minimum atomic E-state index is -2.62. The molecule has 4 aromatic carbocycles. The first-order valence-corrected chi connectivity index (χ1v) is 48.2. The van der Waals surface area contributed by atoms with E-state index >= 15 is 0 Å². The maximum Gasteiger partial charge on any atom is 0.337 e. The van der Waals surface area contributed by atoms with Crippen molar-refractivity contribution in [3.05, 3.63) is 237 Å². The molecule has 1 unspecified atom stereocenters. The average Bonchev–Trinajstić information content (AvgIpc) is 1.60. The number of alkyl halides is 2. The molecule has 1 N–H and O–H groups in total. The van der Waals surface area contributed by atoms with Gasteiger partial charge in [-0.05, 0) is 292 Å². The van der Waals surface area contributed by atoms with Crippen LogP contribution >= 0.6 is 86.9 Å². The molecular formula is C110H135Cl4F3N10O11S3. The number of hydrogen-bond donors (Lipinski definition) is 1. The molecule has 0 radical (unpaired) electrons. The van der Waals surface area contributed by atoms with Gasteiger partial charge in [0.25, 0.3) is 5.92 Å². The number of rotatable bonds is 26. The number of benzene rings is 4. The van der Waals surface area contributed by atoms with Crippen LogP contribution in [0.1, 0.15) is 243 Å². The molecule has 2 aliphatic rings. The fourth-order valence-electron chi connectivity index (χ4n) is 18.5. The quantitative estimate of drug-likeness (QED) is 0.0496. The molecule has 758 valence electrons. The van der Waals surface area contributed by atoms with Crippen LogP contribution in [0.3, 0.4) is 0 Å². The van der Waals surface area contributed by atoms with Gasteiger partial charge in [-0.3, -0.25) is 19.2 Å². The van der Waals surface area contributed by atoms with E-state index in [0.717, 1.165) is 158 Å². The van der Waals surface area contributed by atoms with Crippen molar-refractivity contribution in [3.8, 4) is 44.5 Å². The van der Waals surface area contributed by atoms with Gasteiger partial charge >= 0.3 is 5.97 Å². The maximum atomic E-state index is 14.5. The molecule has 1 saturated carbocycles. The first-order valence-electron chi connectivity index (χ1n) is 46.7. The fourth-order valence-corrected chi connectivity index (χ4v) is 19.0. The minimum Gasteiger partial charge on any atom is -0.479 e. The Hall–Kier alpha value is -9.46. The van der Waals surface area contributed by atoms with Crippen LogP contribution in [0.5, 0.6) is 0 Å². The molecule has 21 nitrogen and oxygen atoms in total. The highest BCUT2D eigenvalue weighted by Crippen LogP contribution is 2.53. The minimum absolute atomic E-state index is 0. The Bertz CT molecular complexity index is 6830. The second-order valence-electron chi connectivity index (χ2n) is 40.3. The Balaban J connectivity index is 0.000000209. The van der Waals surface area contributed by atoms with Crippen molar-refractivity contribution < 1.29 is 65.9 Å². The summed E-state index contributed by atoms with van der Waals surface area (Å²) in [6, 6.07) is 33.6. The number of ketones is 3. The molecule has 2 fully saturated rings. The molecule has 1 amide bonds. The van der Waals surface area contributed by atoms with Crippen LogP contribution in [0, 0.1) is 95.0 Å². The normalized spacial score (nSPS) is 14.5. The lowest BCUT2D eigenvalue weighted by atomic mass is 9.90. The Morgan fingerprint density at radius 3 is 1.02 bits per heavy atom. The largest absolute Gasteiger partial charge is 0.479 e. The van der Waals surface area contributed by atoms with Crippen molar-refractivity contribution in [2.45, 2.75) is 285 Å².